The zero-order valence-electron chi connectivity index (χ0n) is 15.8. The van der Waals surface area contributed by atoms with E-state index in [1.54, 1.807) is 31.2 Å². The smallest absolute Gasteiger partial charge is 0.279 e. The molecule has 0 saturated carbocycles. The van der Waals surface area contributed by atoms with Gasteiger partial charge in [0.05, 0.1) is 37.6 Å². The van der Waals surface area contributed by atoms with Crippen LogP contribution in [-0.4, -0.2) is 51.4 Å². The van der Waals surface area contributed by atoms with Gasteiger partial charge in [0.2, 0.25) is 10.0 Å². The van der Waals surface area contributed by atoms with Gasteiger partial charge in [0.25, 0.3) is 5.91 Å². The van der Waals surface area contributed by atoms with Crippen molar-refractivity contribution in [2.24, 2.45) is 0 Å². The molecule has 1 fully saturated rings. The first-order valence-electron chi connectivity index (χ1n) is 9.25. The van der Waals surface area contributed by atoms with Crippen LogP contribution in [0.3, 0.4) is 0 Å². The number of anilines is 1. The number of nitrogens with one attached hydrogen (secondary N) is 2. The highest BCUT2D eigenvalue weighted by atomic mass is 32.2. The van der Waals surface area contributed by atoms with E-state index in [0.29, 0.717) is 26.2 Å². The number of carbonyl (C=O) groups excluding carboxylic acids is 1. The maximum absolute atomic E-state index is 13.9. The first kappa shape index (κ1) is 20.4. The molecule has 6 nitrogen and oxygen atoms in total. The summed E-state index contributed by atoms with van der Waals surface area (Å²) in [4.78, 5) is 13.2. The normalized spacial score (nSPS) is 16.1. The lowest BCUT2D eigenvalue weighted by Crippen LogP contribution is -3.15. The predicted octanol–water partition coefficient (Wildman–Crippen LogP) is 0.803. The molecule has 1 aliphatic heterocycles. The van der Waals surface area contributed by atoms with Gasteiger partial charge in [-0.15, -0.1) is 0 Å². The zero-order valence-corrected chi connectivity index (χ0v) is 16.6. The van der Waals surface area contributed by atoms with Crippen molar-refractivity contribution >= 4 is 21.6 Å². The monoisotopic (exact) mass is 406 g/mol. The number of aryl methyl sites for hydroxylation is 1. The molecule has 28 heavy (non-hydrogen) atoms. The van der Waals surface area contributed by atoms with Gasteiger partial charge in [-0.3, -0.25) is 4.79 Å². The van der Waals surface area contributed by atoms with Gasteiger partial charge >= 0.3 is 0 Å². The molecule has 2 aromatic carbocycles. The van der Waals surface area contributed by atoms with Gasteiger partial charge in [-0.2, -0.15) is 4.31 Å². The van der Waals surface area contributed by atoms with Crippen LogP contribution in [0.5, 0.6) is 0 Å². The van der Waals surface area contributed by atoms with E-state index >= 15 is 0 Å². The lowest BCUT2D eigenvalue weighted by atomic mass is 10.2. The molecule has 0 aliphatic carbocycles. The summed E-state index contributed by atoms with van der Waals surface area (Å²) in [7, 11) is -3.38. The molecule has 0 radical (unpaired) electrons. The zero-order chi connectivity index (χ0) is 20.1. The largest absolute Gasteiger partial charge is 0.325 e. The number of amides is 1. The number of quaternary nitrogens is 1. The Balaban J connectivity index is 1.50. The van der Waals surface area contributed by atoms with E-state index in [4.69, 9.17) is 0 Å². The number of sulfonamides is 1. The SMILES string of the molecule is Cc1ccc(NC(=O)C[NH+]2CCN(S(=O)(=O)Cc3ccccc3)CC2)c(F)c1. The molecule has 1 aliphatic rings. The highest BCUT2D eigenvalue weighted by molar-refractivity contribution is 7.88. The molecule has 1 amide bonds. The standard InChI is InChI=1S/C20H24FN3O3S/c1-16-7-8-19(18(21)13-16)22-20(25)14-23-9-11-24(12-10-23)28(26,27)15-17-5-3-2-4-6-17/h2-8,13H,9-12,14-15H2,1H3,(H,22,25)/p+1. The Bertz CT molecular complexity index is 927. The summed E-state index contributed by atoms with van der Waals surface area (Å²) in [6.07, 6.45) is 0. The average Bonchev–Trinajstić information content (AvgIpc) is 2.65. The summed E-state index contributed by atoms with van der Waals surface area (Å²) in [5.41, 5.74) is 1.71. The van der Waals surface area contributed by atoms with Crippen LogP contribution in [0, 0.1) is 12.7 Å². The van der Waals surface area contributed by atoms with E-state index in [2.05, 4.69) is 5.32 Å². The minimum Gasteiger partial charge on any atom is -0.325 e. The van der Waals surface area contributed by atoms with E-state index in [1.165, 1.54) is 10.4 Å². The Morgan fingerprint density at radius 3 is 2.46 bits per heavy atom. The number of hydrogen-bond acceptors (Lipinski definition) is 3. The summed E-state index contributed by atoms with van der Waals surface area (Å²) in [5.74, 6) is -0.755. The number of piperazine rings is 1. The van der Waals surface area contributed by atoms with Crippen molar-refractivity contribution < 1.29 is 22.5 Å². The Kier molecular flexibility index (Phi) is 6.43. The topological polar surface area (TPSA) is 70.9 Å². The average molecular weight is 407 g/mol. The van der Waals surface area contributed by atoms with Gasteiger partial charge in [0, 0.05) is 0 Å². The van der Waals surface area contributed by atoms with Crippen LogP contribution < -0.4 is 10.2 Å². The van der Waals surface area contributed by atoms with Crippen LogP contribution in [0.25, 0.3) is 0 Å². The predicted molar refractivity (Wildman–Crippen MR) is 106 cm³/mol. The first-order chi connectivity index (χ1) is 13.3. The maximum Gasteiger partial charge on any atom is 0.279 e. The number of benzene rings is 2. The van der Waals surface area contributed by atoms with Crippen molar-refractivity contribution in [3.05, 3.63) is 65.5 Å². The van der Waals surface area contributed by atoms with E-state index in [9.17, 15) is 17.6 Å². The van der Waals surface area contributed by atoms with Crippen molar-refractivity contribution in [2.75, 3.05) is 38.0 Å². The molecule has 0 aromatic heterocycles. The van der Waals surface area contributed by atoms with Crippen LogP contribution in [0.4, 0.5) is 10.1 Å². The van der Waals surface area contributed by atoms with Gasteiger partial charge in [-0.1, -0.05) is 36.4 Å². The summed E-state index contributed by atoms with van der Waals surface area (Å²) >= 11 is 0. The Labute approximate surface area is 165 Å². The van der Waals surface area contributed by atoms with Crippen LogP contribution in [0.1, 0.15) is 11.1 Å². The van der Waals surface area contributed by atoms with E-state index in [-0.39, 0.29) is 23.9 Å². The fourth-order valence-electron chi connectivity index (χ4n) is 3.28. The number of rotatable bonds is 6. The third kappa shape index (κ3) is 5.37. The van der Waals surface area contributed by atoms with Gasteiger partial charge in [0.15, 0.2) is 6.54 Å². The van der Waals surface area contributed by atoms with Crippen LogP contribution in [0.2, 0.25) is 0 Å². The molecule has 150 valence electrons. The Morgan fingerprint density at radius 2 is 1.82 bits per heavy atom. The molecular weight excluding hydrogens is 381 g/mol. The van der Waals surface area contributed by atoms with Crippen LogP contribution >= 0.6 is 0 Å². The molecular formula is C20H25FN3O3S+. The fourth-order valence-corrected chi connectivity index (χ4v) is 4.81. The lowest BCUT2D eigenvalue weighted by Gasteiger charge is -2.31. The molecule has 0 bridgehead atoms. The number of nitrogens with zero attached hydrogens (tertiary/aromatic N) is 1. The maximum atomic E-state index is 13.9. The molecule has 2 aromatic rings. The molecule has 3 rings (SSSR count). The Hall–Kier alpha value is -2.29. The molecule has 1 heterocycles. The highest BCUT2D eigenvalue weighted by Crippen LogP contribution is 2.15. The summed E-state index contributed by atoms with van der Waals surface area (Å²) in [5, 5.41) is 2.59. The second-order valence-corrected chi connectivity index (χ2v) is 9.07. The van der Waals surface area contributed by atoms with Crippen LogP contribution in [0.15, 0.2) is 48.5 Å². The van der Waals surface area contributed by atoms with Crippen molar-refractivity contribution in [2.45, 2.75) is 12.7 Å². The van der Waals surface area contributed by atoms with Gasteiger partial charge in [-0.25, -0.2) is 12.8 Å². The van der Waals surface area contributed by atoms with E-state index < -0.39 is 15.8 Å². The van der Waals surface area contributed by atoms with E-state index in [1.807, 2.05) is 18.2 Å². The third-order valence-electron chi connectivity index (χ3n) is 4.82. The first-order valence-corrected chi connectivity index (χ1v) is 10.9. The third-order valence-corrected chi connectivity index (χ3v) is 6.67. The minimum absolute atomic E-state index is 0.0175. The van der Waals surface area contributed by atoms with E-state index in [0.717, 1.165) is 16.0 Å². The quantitative estimate of drug-likeness (QED) is 0.746. The van der Waals surface area contributed by atoms with Gasteiger partial charge < -0.3 is 10.2 Å². The summed E-state index contributed by atoms with van der Waals surface area (Å²) in [6, 6.07) is 13.8. The number of hydrogen-bond donors (Lipinski definition) is 2. The molecule has 0 spiro atoms. The second-order valence-electron chi connectivity index (χ2n) is 7.10. The molecule has 1 saturated heterocycles. The summed E-state index contributed by atoms with van der Waals surface area (Å²) < 4.78 is 40.5. The number of carbonyl (C=O) groups is 1. The second kappa shape index (κ2) is 8.81. The lowest BCUT2D eigenvalue weighted by molar-refractivity contribution is -0.895. The van der Waals surface area contributed by atoms with Crippen LogP contribution in [-0.2, 0) is 20.6 Å². The molecule has 8 heteroatoms. The van der Waals surface area contributed by atoms with Gasteiger partial charge in [-0.05, 0) is 30.2 Å². The number of halogens is 1. The van der Waals surface area contributed by atoms with Crippen molar-refractivity contribution in [1.29, 1.82) is 0 Å². The van der Waals surface area contributed by atoms with Crippen molar-refractivity contribution in [3.8, 4) is 0 Å². The van der Waals surface area contributed by atoms with Crippen molar-refractivity contribution in [3.63, 3.8) is 0 Å². The fraction of sp³-hybridized carbons (Fsp3) is 0.350. The molecule has 2 N–H and O–H groups in total. The van der Waals surface area contributed by atoms with Gasteiger partial charge in [0.1, 0.15) is 5.82 Å². The van der Waals surface area contributed by atoms with Crippen molar-refractivity contribution in [1.82, 2.24) is 4.31 Å². The highest BCUT2D eigenvalue weighted by Gasteiger charge is 2.30. The molecule has 0 atom stereocenters. The Morgan fingerprint density at radius 1 is 1.14 bits per heavy atom. The minimum atomic E-state index is -3.38. The molecule has 0 unspecified atom stereocenters. The summed E-state index contributed by atoms with van der Waals surface area (Å²) in [6.45, 7) is 3.78.